The summed E-state index contributed by atoms with van der Waals surface area (Å²) in [7, 11) is 1.58. The standard InChI is InChI=1S/C24H24N2O5S/c1-15-14-32-23-20(25-19(27)12-16-6-4-3-5-7-16)22(28)26(23)21(15)24(29)31-13-17-8-10-18(30-2)11-9-17/h3-11,20-21,23H,1,12-14H2,2H3,(H,25,27)/t20-,21-,23-/m1/s1. The molecule has 2 aliphatic heterocycles. The molecule has 0 aromatic heterocycles. The van der Waals surface area contributed by atoms with E-state index in [0.29, 0.717) is 17.1 Å². The van der Waals surface area contributed by atoms with Crippen LogP contribution in [-0.2, 0) is 32.1 Å². The Bertz CT molecular complexity index is 1020. The topological polar surface area (TPSA) is 84.9 Å². The lowest BCUT2D eigenvalue weighted by atomic mass is 9.98. The predicted molar refractivity (Wildman–Crippen MR) is 121 cm³/mol. The van der Waals surface area contributed by atoms with Crippen molar-refractivity contribution in [2.45, 2.75) is 30.5 Å². The van der Waals surface area contributed by atoms with Gasteiger partial charge in [0, 0.05) is 5.75 Å². The van der Waals surface area contributed by atoms with Crippen LogP contribution in [0.1, 0.15) is 11.1 Å². The fourth-order valence-electron chi connectivity index (χ4n) is 3.78. The van der Waals surface area contributed by atoms with Crippen molar-refractivity contribution in [1.29, 1.82) is 0 Å². The van der Waals surface area contributed by atoms with E-state index in [1.54, 1.807) is 19.2 Å². The molecule has 32 heavy (non-hydrogen) atoms. The Morgan fingerprint density at radius 3 is 2.53 bits per heavy atom. The minimum absolute atomic E-state index is 0.0870. The number of fused-ring (bicyclic) bond motifs is 1. The van der Waals surface area contributed by atoms with Crippen molar-refractivity contribution in [2.75, 3.05) is 12.9 Å². The van der Waals surface area contributed by atoms with Crippen LogP contribution < -0.4 is 10.1 Å². The Labute approximate surface area is 190 Å². The van der Waals surface area contributed by atoms with E-state index in [1.807, 2.05) is 42.5 Å². The molecular weight excluding hydrogens is 428 g/mol. The number of rotatable bonds is 7. The van der Waals surface area contributed by atoms with E-state index in [-0.39, 0.29) is 30.2 Å². The van der Waals surface area contributed by atoms with E-state index in [0.717, 1.165) is 11.1 Å². The van der Waals surface area contributed by atoms with Crippen molar-refractivity contribution in [1.82, 2.24) is 10.2 Å². The Balaban J connectivity index is 1.36. The molecule has 0 saturated carbocycles. The summed E-state index contributed by atoms with van der Waals surface area (Å²) >= 11 is 1.49. The van der Waals surface area contributed by atoms with Crippen LogP contribution in [0.4, 0.5) is 0 Å². The van der Waals surface area contributed by atoms with Gasteiger partial charge in [-0.15, -0.1) is 11.8 Å². The molecule has 1 N–H and O–H groups in total. The maximum atomic E-state index is 12.8. The monoisotopic (exact) mass is 452 g/mol. The fraction of sp³-hybridized carbons (Fsp3) is 0.292. The number of benzene rings is 2. The van der Waals surface area contributed by atoms with Gasteiger partial charge in [-0.05, 0) is 28.8 Å². The molecule has 0 radical (unpaired) electrons. The van der Waals surface area contributed by atoms with E-state index < -0.39 is 18.1 Å². The van der Waals surface area contributed by atoms with Gasteiger partial charge >= 0.3 is 5.97 Å². The lowest BCUT2D eigenvalue weighted by Gasteiger charge is -2.52. The van der Waals surface area contributed by atoms with Crippen LogP contribution in [0.5, 0.6) is 5.75 Å². The van der Waals surface area contributed by atoms with Crippen molar-refractivity contribution in [3.05, 3.63) is 77.9 Å². The van der Waals surface area contributed by atoms with Crippen LogP contribution in [0.25, 0.3) is 0 Å². The van der Waals surface area contributed by atoms with Gasteiger partial charge in [0.05, 0.1) is 13.5 Å². The summed E-state index contributed by atoms with van der Waals surface area (Å²) in [5.41, 5.74) is 2.30. The quantitative estimate of drug-likeness (QED) is 0.394. The smallest absolute Gasteiger partial charge is 0.333 e. The number of esters is 1. The number of hydrogen-bond acceptors (Lipinski definition) is 6. The molecule has 0 bridgehead atoms. The summed E-state index contributed by atoms with van der Waals surface area (Å²) < 4.78 is 10.6. The molecule has 2 aromatic carbocycles. The van der Waals surface area contributed by atoms with Crippen molar-refractivity contribution < 1.29 is 23.9 Å². The number of carbonyl (C=O) groups is 3. The van der Waals surface area contributed by atoms with Gasteiger partial charge in [-0.2, -0.15) is 0 Å². The highest BCUT2D eigenvalue weighted by atomic mass is 32.2. The number of nitrogens with zero attached hydrogens (tertiary/aromatic N) is 1. The Kier molecular flexibility index (Phi) is 6.50. The summed E-state index contributed by atoms with van der Waals surface area (Å²) in [4.78, 5) is 39.5. The molecular formula is C24H24N2O5S. The van der Waals surface area contributed by atoms with Crippen LogP contribution in [-0.4, -0.2) is 53.0 Å². The molecule has 2 amide bonds. The molecule has 2 fully saturated rings. The first-order valence-electron chi connectivity index (χ1n) is 10.2. The zero-order valence-electron chi connectivity index (χ0n) is 17.7. The molecule has 2 heterocycles. The highest BCUT2D eigenvalue weighted by molar-refractivity contribution is 8.00. The number of nitrogens with one attached hydrogen (secondary N) is 1. The van der Waals surface area contributed by atoms with Gasteiger partial charge in [0.15, 0.2) is 6.04 Å². The van der Waals surface area contributed by atoms with Gasteiger partial charge < -0.3 is 19.7 Å². The van der Waals surface area contributed by atoms with Crippen LogP contribution in [0, 0.1) is 0 Å². The molecule has 4 rings (SSSR count). The first-order valence-corrected chi connectivity index (χ1v) is 11.3. The first-order chi connectivity index (χ1) is 15.5. The van der Waals surface area contributed by atoms with Gasteiger partial charge in [-0.25, -0.2) is 4.79 Å². The van der Waals surface area contributed by atoms with Crippen LogP contribution >= 0.6 is 11.8 Å². The Morgan fingerprint density at radius 2 is 1.84 bits per heavy atom. The normalized spacial score (nSPS) is 21.9. The minimum Gasteiger partial charge on any atom is -0.497 e. The molecule has 2 aromatic rings. The molecule has 8 heteroatoms. The second kappa shape index (κ2) is 9.48. The number of ether oxygens (including phenoxy) is 2. The van der Waals surface area contributed by atoms with Gasteiger partial charge in [-0.1, -0.05) is 49.0 Å². The third kappa shape index (κ3) is 4.50. The first kappa shape index (κ1) is 22.0. The summed E-state index contributed by atoms with van der Waals surface area (Å²) in [6.45, 7) is 4.06. The summed E-state index contributed by atoms with van der Waals surface area (Å²) in [5.74, 6) is 0.196. The van der Waals surface area contributed by atoms with Crippen molar-refractivity contribution in [3.8, 4) is 5.75 Å². The van der Waals surface area contributed by atoms with Gasteiger partial charge in [0.2, 0.25) is 11.8 Å². The molecule has 166 valence electrons. The molecule has 3 atom stereocenters. The minimum atomic E-state index is -0.839. The van der Waals surface area contributed by atoms with Crippen molar-refractivity contribution in [2.24, 2.45) is 0 Å². The molecule has 2 aliphatic rings. The number of hydrogen-bond donors (Lipinski definition) is 1. The maximum absolute atomic E-state index is 12.8. The van der Waals surface area contributed by atoms with E-state index in [1.165, 1.54) is 16.7 Å². The lowest BCUT2D eigenvalue weighted by Crippen LogP contribution is -2.74. The van der Waals surface area contributed by atoms with Gasteiger partial charge in [0.1, 0.15) is 23.8 Å². The summed E-state index contributed by atoms with van der Waals surface area (Å²) in [5, 5.41) is 2.50. The average molecular weight is 453 g/mol. The van der Waals surface area contributed by atoms with Crippen molar-refractivity contribution in [3.63, 3.8) is 0 Å². The molecule has 0 unspecified atom stereocenters. The van der Waals surface area contributed by atoms with Crippen LogP contribution in [0.3, 0.4) is 0 Å². The number of thioether (sulfide) groups is 1. The van der Waals surface area contributed by atoms with E-state index in [9.17, 15) is 14.4 Å². The predicted octanol–water partition coefficient (Wildman–Crippen LogP) is 2.31. The SMILES string of the molecule is C=C1CS[C@@H]2[C@H](NC(=O)Cc3ccccc3)C(=O)N2[C@H]1C(=O)OCc1ccc(OC)cc1. The number of carbonyl (C=O) groups excluding carboxylic acids is 3. The summed E-state index contributed by atoms with van der Waals surface area (Å²) in [6, 6.07) is 15.1. The number of methoxy groups -OCH3 is 1. The van der Waals surface area contributed by atoms with Crippen molar-refractivity contribution >= 4 is 29.5 Å². The Hall–Kier alpha value is -3.26. The molecule has 0 aliphatic carbocycles. The number of amides is 2. The van der Waals surface area contributed by atoms with E-state index >= 15 is 0 Å². The third-order valence-corrected chi connectivity index (χ3v) is 6.85. The maximum Gasteiger partial charge on any atom is 0.333 e. The van der Waals surface area contributed by atoms with E-state index in [4.69, 9.17) is 9.47 Å². The lowest BCUT2D eigenvalue weighted by molar-refractivity contribution is -0.164. The zero-order chi connectivity index (χ0) is 22.7. The highest BCUT2D eigenvalue weighted by Gasteiger charge is 2.56. The van der Waals surface area contributed by atoms with E-state index in [2.05, 4.69) is 11.9 Å². The average Bonchev–Trinajstić information content (AvgIpc) is 2.81. The number of β-lactam (4-membered cyclic amide) rings is 1. The molecule has 2 saturated heterocycles. The Morgan fingerprint density at radius 1 is 1.12 bits per heavy atom. The van der Waals surface area contributed by atoms with Gasteiger partial charge in [0.25, 0.3) is 0 Å². The second-order valence-corrected chi connectivity index (χ2v) is 8.78. The molecule has 7 nitrogen and oxygen atoms in total. The summed E-state index contributed by atoms with van der Waals surface area (Å²) in [6.07, 6.45) is 0.196. The van der Waals surface area contributed by atoms with Gasteiger partial charge in [-0.3, -0.25) is 9.59 Å². The van der Waals surface area contributed by atoms with Crippen LogP contribution in [0.15, 0.2) is 66.7 Å². The largest absolute Gasteiger partial charge is 0.497 e. The third-order valence-electron chi connectivity index (χ3n) is 5.47. The second-order valence-electron chi connectivity index (χ2n) is 7.67. The fourth-order valence-corrected chi connectivity index (χ4v) is 5.09. The zero-order valence-corrected chi connectivity index (χ0v) is 18.5. The highest BCUT2D eigenvalue weighted by Crippen LogP contribution is 2.40. The molecule has 0 spiro atoms. The van der Waals surface area contributed by atoms with Crippen LogP contribution in [0.2, 0.25) is 0 Å².